The van der Waals surface area contributed by atoms with E-state index in [1.165, 1.54) is 12.8 Å². The van der Waals surface area contributed by atoms with Gasteiger partial charge in [0.1, 0.15) is 5.92 Å². The van der Waals surface area contributed by atoms with E-state index in [0.29, 0.717) is 19.1 Å². The van der Waals surface area contributed by atoms with Crippen LogP contribution in [0.1, 0.15) is 19.8 Å². The predicted molar refractivity (Wildman–Crippen MR) is 66.1 cm³/mol. The fourth-order valence-corrected chi connectivity index (χ4v) is 1.97. The number of likely N-dealkylation sites (N-methyl/N-ethyl adjacent to an activating group) is 1. The third-order valence-corrected chi connectivity index (χ3v) is 3.26. The molecule has 0 bridgehead atoms. The normalized spacial score (nSPS) is 18.9. The van der Waals surface area contributed by atoms with Crippen LogP contribution in [-0.4, -0.2) is 54.3 Å². The number of hydrogen-bond acceptors (Lipinski definition) is 4. The van der Waals surface area contributed by atoms with Crippen LogP contribution in [0.4, 0.5) is 13.2 Å². The van der Waals surface area contributed by atoms with Gasteiger partial charge < -0.3 is 16.3 Å². The summed E-state index contributed by atoms with van der Waals surface area (Å²) in [4.78, 5) is 2.24. The topological polar surface area (TPSA) is 73.9 Å². The van der Waals surface area contributed by atoms with Gasteiger partial charge in [-0.3, -0.25) is 4.90 Å². The molecule has 1 unspecified atom stereocenters. The van der Waals surface area contributed by atoms with Crippen LogP contribution in [-0.2, 0) is 0 Å². The summed E-state index contributed by atoms with van der Waals surface area (Å²) in [5.41, 5.74) is 5.06. The molecule has 1 saturated carbocycles. The first-order valence-corrected chi connectivity index (χ1v) is 6.39. The van der Waals surface area contributed by atoms with Gasteiger partial charge >= 0.3 is 6.18 Å². The molecule has 4 N–H and O–H groups in total. The molecule has 0 heterocycles. The van der Waals surface area contributed by atoms with Crippen molar-refractivity contribution >= 4 is 5.84 Å². The van der Waals surface area contributed by atoms with Crippen LogP contribution in [0.5, 0.6) is 0 Å². The second-order valence-corrected chi connectivity index (χ2v) is 4.68. The summed E-state index contributed by atoms with van der Waals surface area (Å²) in [6.45, 7) is 3.72. The molecule has 0 saturated heterocycles. The molecule has 0 aliphatic heterocycles. The van der Waals surface area contributed by atoms with Gasteiger partial charge in [-0.05, 0) is 19.4 Å². The molecule has 0 spiro atoms. The Labute approximate surface area is 110 Å². The van der Waals surface area contributed by atoms with Crippen LogP contribution in [0.3, 0.4) is 0 Å². The Morgan fingerprint density at radius 3 is 2.58 bits per heavy atom. The van der Waals surface area contributed by atoms with Crippen molar-refractivity contribution in [3.05, 3.63) is 0 Å². The maximum atomic E-state index is 12.6. The zero-order valence-electron chi connectivity index (χ0n) is 11.0. The van der Waals surface area contributed by atoms with E-state index in [-0.39, 0.29) is 6.54 Å². The molecular formula is C11H21F3N4O. The maximum Gasteiger partial charge on any atom is 0.400 e. The first kappa shape index (κ1) is 16.0. The quantitative estimate of drug-likeness (QED) is 0.204. The Balaban J connectivity index is 2.32. The smallest absolute Gasteiger partial charge is 0.400 e. The Morgan fingerprint density at radius 2 is 2.16 bits per heavy atom. The van der Waals surface area contributed by atoms with Crippen LogP contribution in [0.2, 0.25) is 0 Å². The van der Waals surface area contributed by atoms with Crippen molar-refractivity contribution in [3.8, 4) is 0 Å². The van der Waals surface area contributed by atoms with Crippen LogP contribution < -0.4 is 11.1 Å². The molecule has 0 amide bonds. The van der Waals surface area contributed by atoms with Crippen LogP contribution in [0.25, 0.3) is 0 Å². The molecule has 0 aromatic carbocycles. The average molecular weight is 282 g/mol. The first-order chi connectivity index (χ1) is 8.90. The van der Waals surface area contributed by atoms with Gasteiger partial charge in [0.05, 0.1) is 0 Å². The minimum Gasteiger partial charge on any atom is -0.409 e. The van der Waals surface area contributed by atoms with Crippen molar-refractivity contribution in [2.45, 2.75) is 32.0 Å². The average Bonchev–Trinajstić information content (AvgIpc) is 3.15. The number of oxime groups is 1. The van der Waals surface area contributed by atoms with Gasteiger partial charge in [0, 0.05) is 25.7 Å². The van der Waals surface area contributed by atoms with Crippen LogP contribution >= 0.6 is 0 Å². The molecule has 8 heteroatoms. The fraction of sp³-hybridized carbons (Fsp3) is 0.909. The lowest BCUT2D eigenvalue weighted by atomic mass is 10.1. The van der Waals surface area contributed by atoms with Gasteiger partial charge in [-0.1, -0.05) is 12.1 Å². The molecule has 0 radical (unpaired) electrons. The number of alkyl halides is 3. The lowest BCUT2D eigenvalue weighted by Gasteiger charge is -2.22. The van der Waals surface area contributed by atoms with Gasteiger partial charge in [-0.15, -0.1) is 0 Å². The number of nitrogens with two attached hydrogens (primary N) is 1. The van der Waals surface area contributed by atoms with Crippen molar-refractivity contribution < 1.29 is 18.4 Å². The summed E-state index contributed by atoms with van der Waals surface area (Å²) in [6.07, 6.45) is -2.17. The van der Waals surface area contributed by atoms with Gasteiger partial charge in [-0.2, -0.15) is 13.2 Å². The molecule has 5 nitrogen and oxygen atoms in total. The van der Waals surface area contributed by atoms with Crippen molar-refractivity contribution in [1.82, 2.24) is 10.2 Å². The Hall–Kier alpha value is -1.02. The zero-order valence-corrected chi connectivity index (χ0v) is 11.0. The Bertz CT molecular complexity index is 305. The van der Waals surface area contributed by atoms with E-state index >= 15 is 0 Å². The van der Waals surface area contributed by atoms with E-state index in [9.17, 15) is 13.2 Å². The second-order valence-electron chi connectivity index (χ2n) is 4.68. The molecule has 1 fully saturated rings. The number of halogens is 3. The zero-order chi connectivity index (χ0) is 14.5. The predicted octanol–water partition coefficient (Wildman–Crippen LogP) is 0.985. The SMILES string of the molecule is CCN(CCNCC(C(N)=NO)C(F)(F)F)C1CC1. The summed E-state index contributed by atoms with van der Waals surface area (Å²) < 4.78 is 37.9. The van der Waals surface area contributed by atoms with E-state index in [1.807, 2.05) is 6.92 Å². The minimum atomic E-state index is -4.51. The highest BCUT2D eigenvalue weighted by atomic mass is 19.4. The molecule has 112 valence electrons. The van der Waals surface area contributed by atoms with Gasteiger partial charge in [0.15, 0.2) is 5.84 Å². The summed E-state index contributed by atoms with van der Waals surface area (Å²) >= 11 is 0. The van der Waals surface area contributed by atoms with Crippen molar-refractivity contribution in [2.75, 3.05) is 26.2 Å². The number of nitrogens with zero attached hydrogens (tertiary/aromatic N) is 2. The molecule has 0 aromatic heterocycles. The lowest BCUT2D eigenvalue weighted by Crippen LogP contribution is -2.44. The summed E-state index contributed by atoms with van der Waals surface area (Å²) in [7, 11) is 0. The molecule has 19 heavy (non-hydrogen) atoms. The third kappa shape index (κ3) is 5.23. The molecule has 1 aliphatic rings. The maximum absolute atomic E-state index is 12.6. The van der Waals surface area contributed by atoms with Crippen molar-refractivity contribution in [1.29, 1.82) is 0 Å². The molecule has 0 aromatic rings. The van der Waals surface area contributed by atoms with Crippen molar-refractivity contribution in [2.24, 2.45) is 16.8 Å². The summed E-state index contributed by atoms with van der Waals surface area (Å²) in [5.74, 6) is -2.76. The Morgan fingerprint density at radius 1 is 1.53 bits per heavy atom. The van der Waals surface area contributed by atoms with Crippen LogP contribution in [0, 0.1) is 5.92 Å². The van der Waals surface area contributed by atoms with Gasteiger partial charge in [0.25, 0.3) is 0 Å². The van der Waals surface area contributed by atoms with E-state index in [0.717, 1.165) is 6.54 Å². The molecule has 1 aliphatic carbocycles. The first-order valence-electron chi connectivity index (χ1n) is 6.39. The fourth-order valence-electron chi connectivity index (χ4n) is 1.97. The highest BCUT2D eigenvalue weighted by Crippen LogP contribution is 2.27. The van der Waals surface area contributed by atoms with E-state index in [2.05, 4.69) is 15.4 Å². The Kier molecular flexibility index (Phi) is 5.86. The minimum absolute atomic E-state index is 0.373. The summed E-state index contributed by atoms with van der Waals surface area (Å²) in [5, 5.41) is 13.5. The number of hydrogen-bond donors (Lipinski definition) is 3. The van der Waals surface area contributed by atoms with E-state index in [1.54, 1.807) is 0 Å². The molecule has 1 rings (SSSR count). The second kappa shape index (κ2) is 6.95. The van der Waals surface area contributed by atoms with Gasteiger partial charge in [-0.25, -0.2) is 0 Å². The number of nitrogens with one attached hydrogen (secondary N) is 1. The van der Waals surface area contributed by atoms with Crippen molar-refractivity contribution in [3.63, 3.8) is 0 Å². The third-order valence-electron chi connectivity index (χ3n) is 3.26. The van der Waals surface area contributed by atoms with Gasteiger partial charge in [0.2, 0.25) is 0 Å². The van der Waals surface area contributed by atoms with E-state index < -0.39 is 17.9 Å². The largest absolute Gasteiger partial charge is 0.409 e. The van der Waals surface area contributed by atoms with Crippen LogP contribution in [0.15, 0.2) is 5.16 Å². The lowest BCUT2D eigenvalue weighted by molar-refractivity contribution is -0.154. The summed E-state index contributed by atoms with van der Waals surface area (Å²) in [6, 6.07) is 0.592. The molecule has 1 atom stereocenters. The van der Waals surface area contributed by atoms with E-state index in [4.69, 9.17) is 10.9 Å². The number of amidine groups is 1. The highest BCUT2D eigenvalue weighted by molar-refractivity contribution is 5.83. The standard InChI is InChI=1S/C11H21F3N4O/c1-2-18(8-3-4-8)6-5-16-7-9(10(15)17-19)11(12,13)14/h8-9,16,19H,2-7H2,1H3,(H2,15,17). The number of rotatable bonds is 8. The highest BCUT2D eigenvalue weighted by Gasteiger charge is 2.42. The molecular weight excluding hydrogens is 261 g/mol. The monoisotopic (exact) mass is 282 g/mol.